The normalized spacial score (nSPS) is 19.5. The number of aromatic nitrogens is 1. The molecule has 1 aromatic rings. The quantitative estimate of drug-likeness (QED) is 0.522. The van der Waals surface area contributed by atoms with Gasteiger partial charge in [0.2, 0.25) is 0 Å². The van der Waals surface area contributed by atoms with Gasteiger partial charge in [-0.05, 0) is 18.6 Å². The van der Waals surface area contributed by atoms with Gasteiger partial charge in [-0.1, -0.05) is 18.0 Å². The standard InChI is InChI=1S/C11H14ClN3O2S/c12-10-5-8(15(16)17)6-11(14-10)13-7-9-3-1-2-4-18-9/h5-6,9H,1-4,7H2,(H,13,14). The SMILES string of the molecule is O=[N+]([O-])c1cc(Cl)nc(NCC2CCCCS2)c1. The first-order valence-electron chi connectivity index (χ1n) is 5.82. The smallest absolute Gasteiger partial charge is 0.276 e. The molecule has 5 nitrogen and oxygen atoms in total. The summed E-state index contributed by atoms with van der Waals surface area (Å²) >= 11 is 7.69. The molecule has 1 aromatic heterocycles. The molecule has 1 fully saturated rings. The molecule has 18 heavy (non-hydrogen) atoms. The number of thioether (sulfide) groups is 1. The molecule has 1 aliphatic rings. The fourth-order valence-corrected chi connectivity index (χ4v) is 3.31. The van der Waals surface area contributed by atoms with E-state index in [9.17, 15) is 10.1 Å². The molecule has 0 radical (unpaired) electrons. The highest BCUT2D eigenvalue weighted by atomic mass is 35.5. The summed E-state index contributed by atoms with van der Waals surface area (Å²) in [7, 11) is 0. The van der Waals surface area contributed by atoms with Crippen molar-refractivity contribution in [1.29, 1.82) is 0 Å². The van der Waals surface area contributed by atoms with E-state index >= 15 is 0 Å². The van der Waals surface area contributed by atoms with E-state index in [4.69, 9.17) is 11.6 Å². The molecule has 98 valence electrons. The summed E-state index contributed by atoms with van der Waals surface area (Å²) in [6.45, 7) is 0.773. The van der Waals surface area contributed by atoms with Crippen LogP contribution < -0.4 is 5.32 Å². The molecular weight excluding hydrogens is 274 g/mol. The van der Waals surface area contributed by atoms with Gasteiger partial charge in [0, 0.05) is 11.8 Å². The van der Waals surface area contributed by atoms with Gasteiger partial charge < -0.3 is 5.32 Å². The second-order valence-corrected chi connectivity index (χ2v) is 5.96. The number of anilines is 1. The minimum absolute atomic E-state index is 0.0335. The van der Waals surface area contributed by atoms with Gasteiger partial charge in [-0.15, -0.1) is 0 Å². The molecule has 1 atom stereocenters. The first-order valence-corrected chi connectivity index (χ1v) is 7.25. The van der Waals surface area contributed by atoms with E-state index in [0.29, 0.717) is 11.1 Å². The fourth-order valence-electron chi connectivity index (χ4n) is 1.87. The van der Waals surface area contributed by atoms with Crippen LogP contribution in [0.4, 0.5) is 11.5 Å². The number of halogens is 1. The lowest BCUT2D eigenvalue weighted by atomic mass is 10.2. The third-order valence-corrected chi connectivity index (χ3v) is 4.37. The van der Waals surface area contributed by atoms with Crippen LogP contribution in [0, 0.1) is 10.1 Å². The highest BCUT2D eigenvalue weighted by Gasteiger charge is 2.15. The van der Waals surface area contributed by atoms with Gasteiger partial charge in [0.15, 0.2) is 0 Å². The molecule has 7 heteroatoms. The Balaban J connectivity index is 1.97. The molecule has 1 aliphatic heterocycles. The lowest BCUT2D eigenvalue weighted by Gasteiger charge is -2.21. The van der Waals surface area contributed by atoms with Crippen LogP contribution in [-0.4, -0.2) is 27.5 Å². The Morgan fingerprint density at radius 1 is 1.56 bits per heavy atom. The van der Waals surface area contributed by atoms with Crippen LogP contribution >= 0.6 is 23.4 Å². The molecule has 0 bridgehead atoms. The first-order chi connectivity index (χ1) is 8.65. The Morgan fingerprint density at radius 3 is 3.06 bits per heavy atom. The molecule has 0 spiro atoms. The van der Waals surface area contributed by atoms with Crippen molar-refractivity contribution in [1.82, 2.24) is 4.98 Å². The van der Waals surface area contributed by atoms with Crippen LogP contribution in [0.5, 0.6) is 0 Å². The van der Waals surface area contributed by atoms with Crippen LogP contribution in [0.2, 0.25) is 5.15 Å². The molecule has 1 unspecified atom stereocenters. The lowest BCUT2D eigenvalue weighted by molar-refractivity contribution is -0.384. The zero-order chi connectivity index (χ0) is 13.0. The lowest BCUT2D eigenvalue weighted by Crippen LogP contribution is -2.20. The minimum atomic E-state index is -0.464. The number of rotatable bonds is 4. The predicted molar refractivity (Wildman–Crippen MR) is 74.5 cm³/mol. The van der Waals surface area contributed by atoms with Crippen LogP contribution in [0.25, 0.3) is 0 Å². The largest absolute Gasteiger partial charge is 0.369 e. The molecule has 0 amide bonds. The first kappa shape index (κ1) is 13.4. The number of nitro groups is 1. The number of hydrogen-bond acceptors (Lipinski definition) is 5. The van der Waals surface area contributed by atoms with Crippen LogP contribution in [0.3, 0.4) is 0 Å². The number of nitrogens with one attached hydrogen (secondary N) is 1. The summed E-state index contributed by atoms with van der Waals surface area (Å²) in [6.07, 6.45) is 3.71. The highest BCUT2D eigenvalue weighted by Crippen LogP contribution is 2.26. The van der Waals surface area contributed by atoms with Gasteiger partial charge in [0.1, 0.15) is 11.0 Å². The fraction of sp³-hybridized carbons (Fsp3) is 0.545. The van der Waals surface area contributed by atoms with E-state index < -0.39 is 4.92 Å². The molecule has 1 N–H and O–H groups in total. The van der Waals surface area contributed by atoms with Crippen molar-refractivity contribution in [2.45, 2.75) is 24.5 Å². The average molecular weight is 288 g/mol. The van der Waals surface area contributed by atoms with E-state index in [0.717, 1.165) is 6.54 Å². The summed E-state index contributed by atoms with van der Waals surface area (Å²) in [5.74, 6) is 1.66. The monoisotopic (exact) mass is 287 g/mol. The molecule has 0 saturated carbocycles. The Kier molecular flexibility index (Phi) is 4.66. The maximum Gasteiger partial charge on any atom is 0.276 e. The maximum atomic E-state index is 10.7. The molecule has 0 aliphatic carbocycles. The molecular formula is C11H14ClN3O2S. The number of hydrogen-bond donors (Lipinski definition) is 1. The van der Waals surface area contributed by atoms with Crippen LogP contribution in [0.15, 0.2) is 12.1 Å². The number of pyridine rings is 1. The highest BCUT2D eigenvalue weighted by molar-refractivity contribution is 7.99. The topological polar surface area (TPSA) is 68.1 Å². The molecule has 1 saturated heterocycles. The summed E-state index contributed by atoms with van der Waals surface area (Å²) in [5.41, 5.74) is -0.0335. The van der Waals surface area contributed by atoms with Gasteiger partial charge >= 0.3 is 0 Å². The van der Waals surface area contributed by atoms with Gasteiger partial charge in [-0.25, -0.2) is 4.98 Å². The van der Waals surface area contributed by atoms with Gasteiger partial charge in [-0.3, -0.25) is 10.1 Å². The third-order valence-electron chi connectivity index (χ3n) is 2.77. The predicted octanol–water partition coefficient (Wildman–Crippen LogP) is 3.34. The van der Waals surface area contributed by atoms with Crippen molar-refractivity contribution < 1.29 is 4.92 Å². The van der Waals surface area contributed by atoms with Crippen molar-refractivity contribution in [3.05, 3.63) is 27.4 Å². The molecule has 2 rings (SSSR count). The Hall–Kier alpha value is -1.01. The number of nitrogens with zero attached hydrogens (tertiary/aromatic N) is 2. The Labute approximate surface area is 114 Å². The average Bonchev–Trinajstić information content (AvgIpc) is 2.37. The van der Waals surface area contributed by atoms with Crippen molar-refractivity contribution in [3.8, 4) is 0 Å². The minimum Gasteiger partial charge on any atom is -0.369 e. The molecule has 0 aromatic carbocycles. The van der Waals surface area contributed by atoms with Gasteiger partial charge in [0.25, 0.3) is 5.69 Å². The van der Waals surface area contributed by atoms with E-state index in [1.165, 1.54) is 37.1 Å². The second-order valence-electron chi connectivity index (χ2n) is 4.16. The zero-order valence-corrected chi connectivity index (χ0v) is 11.3. The molecule has 2 heterocycles. The summed E-state index contributed by atoms with van der Waals surface area (Å²) in [4.78, 5) is 14.3. The zero-order valence-electron chi connectivity index (χ0n) is 9.76. The van der Waals surface area contributed by atoms with Crippen molar-refractivity contribution in [2.24, 2.45) is 0 Å². The van der Waals surface area contributed by atoms with E-state index in [1.807, 2.05) is 11.8 Å². The summed E-state index contributed by atoms with van der Waals surface area (Å²) in [5, 5.41) is 14.5. The Morgan fingerprint density at radius 2 is 2.39 bits per heavy atom. The van der Waals surface area contributed by atoms with Crippen molar-refractivity contribution >= 4 is 34.9 Å². The summed E-state index contributed by atoms with van der Waals surface area (Å²) < 4.78 is 0. The maximum absolute atomic E-state index is 10.7. The third kappa shape index (κ3) is 3.74. The van der Waals surface area contributed by atoms with Gasteiger partial charge in [-0.2, -0.15) is 11.8 Å². The van der Waals surface area contributed by atoms with Crippen molar-refractivity contribution in [2.75, 3.05) is 17.6 Å². The van der Waals surface area contributed by atoms with E-state index in [1.54, 1.807) is 0 Å². The second kappa shape index (κ2) is 6.24. The van der Waals surface area contributed by atoms with Crippen LogP contribution in [0.1, 0.15) is 19.3 Å². The van der Waals surface area contributed by atoms with E-state index in [2.05, 4.69) is 10.3 Å². The van der Waals surface area contributed by atoms with Gasteiger partial charge in [0.05, 0.1) is 17.1 Å². The Bertz CT molecular complexity index is 438. The van der Waals surface area contributed by atoms with Crippen LogP contribution in [-0.2, 0) is 0 Å². The van der Waals surface area contributed by atoms with E-state index in [-0.39, 0.29) is 10.8 Å². The summed E-state index contributed by atoms with van der Waals surface area (Å²) in [6, 6.07) is 2.67. The van der Waals surface area contributed by atoms with Crippen molar-refractivity contribution in [3.63, 3.8) is 0 Å².